The van der Waals surface area contributed by atoms with Crippen LogP contribution in [0.1, 0.15) is 31.6 Å². The fraction of sp³-hybridized carbons (Fsp3) is 0.389. The van der Waals surface area contributed by atoms with Gasteiger partial charge in [0.15, 0.2) is 0 Å². The number of pyridine rings is 1. The summed E-state index contributed by atoms with van der Waals surface area (Å²) in [5, 5.41) is 0. The van der Waals surface area contributed by atoms with Crippen LogP contribution in [0, 0.1) is 0 Å². The van der Waals surface area contributed by atoms with E-state index in [-0.39, 0.29) is 12.2 Å². The molecule has 0 bridgehead atoms. The van der Waals surface area contributed by atoms with Gasteiger partial charge in [0.1, 0.15) is 5.75 Å². The molecular weight excluding hydrogens is 276 g/mol. The monoisotopic (exact) mass is 298 g/mol. The van der Waals surface area contributed by atoms with Crippen molar-refractivity contribution in [3.63, 3.8) is 0 Å². The van der Waals surface area contributed by atoms with E-state index >= 15 is 0 Å². The number of aromatic nitrogens is 1. The molecule has 0 spiro atoms. The number of nitrogens with two attached hydrogens (primary N) is 1. The van der Waals surface area contributed by atoms with E-state index in [9.17, 15) is 0 Å². The second kappa shape index (κ2) is 6.46. The molecule has 1 aromatic carbocycles. The maximum absolute atomic E-state index is 5.96. The van der Waals surface area contributed by atoms with Crippen LogP contribution in [0.3, 0.4) is 0 Å². The summed E-state index contributed by atoms with van der Waals surface area (Å²) in [7, 11) is 1.67. The summed E-state index contributed by atoms with van der Waals surface area (Å²) in [6.07, 6.45) is 4.09. The van der Waals surface area contributed by atoms with E-state index < -0.39 is 0 Å². The summed E-state index contributed by atoms with van der Waals surface area (Å²) in [4.78, 5) is 4.54. The van der Waals surface area contributed by atoms with Crippen molar-refractivity contribution in [2.75, 3.05) is 7.11 Å². The summed E-state index contributed by atoms with van der Waals surface area (Å²) in [5.74, 6) is 0.856. The molecule has 1 aliphatic rings. The lowest BCUT2D eigenvalue weighted by atomic mass is 9.90. The van der Waals surface area contributed by atoms with Crippen molar-refractivity contribution < 1.29 is 9.47 Å². The Balaban J connectivity index is 1.66. The van der Waals surface area contributed by atoms with Crippen LogP contribution in [0.4, 0.5) is 0 Å². The minimum Gasteiger partial charge on any atom is -0.497 e. The first kappa shape index (κ1) is 15.0. The second-order valence-corrected chi connectivity index (χ2v) is 5.83. The van der Waals surface area contributed by atoms with Crippen LogP contribution >= 0.6 is 0 Å². The Morgan fingerprint density at radius 2 is 1.77 bits per heavy atom. The Labute approximate surface area is 131 Å². The van der Waals surface area contributed by atoms with Crippen LogP contribution < -0.4 is 10.5 Å². The molecule has 1 aliphatic carbocycles. The molecule has 116 valence electrons. The zero-order valence-corrected chi connectivity index (χ0v) is 13.0. The predicted molar refractivity (Wildman–Crippen MR) is 86.7 cm³/mol. The van der Waals surface area contributed by atoms with E-state index in [0.717, 1.165) is 35.4 Å². The van der Waals surface area contributed by atoms with Gasteiger partial charge >= 0.3 is 0 Å². The molecule has 1 aromatic heterocycles. The fourth-order valence-corrected chi connectivity index (χ4v) is 2.68. The number of benzene rings is 1. The molecule has 1 heterocycles. The van der Waals surface area contributed by atoms with Gasteiger partial charge in [-0.15, -0.1) is 0 Å². The minimum atomic E-state index is 0.00224. The van der Waals surface area contributed by atoms with Crippen LogP contribution in [0.25, 0.3) is 11.1 Å². The Bertz CT molecular complexity index is 604. The van der Waals surface area contributed by atoms with Gasteiger partial charge in [0.2, 0.25) is 0 Å². The normalized spacial score (nSPS) is 22.0. The van der Waals surface area contributed by atoms with Crippen molar-refractivity contribution in [1.82, 2.24) is 4.98 Å². The molecule has 1 fully saturated rings. The standard InChI is InChI=1S/C18H22N2O2/c1-12(22-17-9-15(19)10-17)18-8-5-14(11-20-18)13-3-6-16(21-2)7-4-13/h3-8,11-12,15,17H,9-10,19H2,1-2H3. The SMILES string of the molecule is COc1ccc(-c2ccc(C(C)OC3CC(N)C3)nc2)cc1. The van der Waals surface area contributed by atoms with E-state index in [1.807, 2.05) is 43.5 Å². The van der Waals surface area contributed by atoms with E-state index in [1.54, 1.807) is 7.11 Å². The van der Waals surface area contributed by atoms with Crippen molar-refractivity contribution in [2.24, 2.45) is 5.73 Å². The topological polar surface area (TPSA) is 57.4 Å². The van der Waals surface area contributed by atoms with E-state index in [1.165, 1.54) is 0 Å². The summed E-state index contributed by atoms with van der Waals surface area (Å²) in [6.45, 7) is 2.04. The van der Waals surface area contributed by atoms with Gasteiger partial charge in [-0.1, -0.05) is 18.2 Å². The highest BCUT2D eigenvalue weighted by Crippen LogP contribution is 2.28. The first-order valence-electron chi connectivity index (χ1n) is 7.67. The van der Waals surface area contributed by atoms with Crippen LogP contribution in [0.2, 0.25) is 0 Å². The number of ether oxygens (including phenoxy) is 2. The molecule has 2 aromatic rings. The van der Waals surface area contributed by atoms with Gasteiger partial charge in [0.05, 0.1) is 25.0 Å². The Hall–Kier alpha value is -1.91. The van der Waals surface area contributed by atoms with Crippen LogP contribution in [-0.4, -0.2) is 24.2 Å². The number of rotatable bonds is 5. The molecule has 1 saturated carbocycles. The van der Waals surface area contributed by atoms with Crippen molar-refractivity contribution in [3.05, 3.63) is 48.3 Å². The van der Waals surface area contributed by atoms with Crippen molar-refractivity contribution in [3.8, 4) is 16.9 Å². The zero-order valence-electron chi connectivity index (χ0n) is 13.0. The molecule has 2 N–H and O–H groups in total. The molecule has 0 saturated heterocycles. The quantitative estimate of drug-likeness (QED) is 0.920. The van der Waals surface area contributed by atoms with Crippen molar-refractivity contribution in [2.45, 2.75) is 38.0 Å². The van der Waals surface area contributed by atoms with Crippen molar-refractivity contribution in [1.29, 1.82) is 0 Å². The van der Waals surface area contributed by atoms with E-state index in [4.69, 9.17) is 15.2 Å². The van der Waals surface area contributed by atoms with Gasteiger partial charge < -0.3 is 15.2 Å². The molecule has 22 heavy (non-hydrogen) atoms. The lowest BCUT2D eigenvalue weighted by Crippen LogP contribution is -2.42. The highest BCUT2D eigenvalue weighted by Gasteiger charge is 2.28. The number of methoxy groups -OCH3 is 1. The van der Waals surface area contributed by atoms with Crippen LogP contribution in [0.15, 0.2) is 42.6 Å². The Kier molecular flexibility index (Phi) is 4.41. The number of hydrogen-bond acceptors (Lipinski definition) is 4. The lowest BCUT2D eigenvalue weighted by Gasteiger charge is -2.34. The zero-order chi connectivity index (χ0) is 15.5. The van der Waals surface area contributed by atoms with Gasteiger partial charge in [0, 0.05) is 17.8 Å². The molecule has 0 radical (unpaired) electrons. The number of nitrogens with zero attached hydrogens (tertiary/aromatic N) is 1. The molecule has 3 rings (SSSR count). The lowest BCUT2D eigenvalue weighted by molar-refractivity contribution is -0.0543. The first-order valence-corrected chi connectivity index (χ1v) is 7.67. The van der Waals surface area contributed by atoms with Crippen molar-refractivity contribution >= 4 is 0 Å². The third kappa shape index (κ3) is 3.29. The second-order valence-electron chi connectivity index (χ2n) is 5.83. The molecule has 0 aliphatic heterocycles. The minimum absolute atomic E-state index is 0.00224. The fourth-order valence-electron chi connectivity index (χ4n) is 2.68. The van der Waals surface area contributed by atoms with E-state index in [0.29, 0.717) is 6.04 Å². The third-order valence-corrected chi connectivity index (χ3v) is 4.15. The predicted octanol–water partition coefficient (Wildman–Crippen LogP) is 3.32. The highest BCUT2D eigenvalue weighted by atomic mass is 16.5. The largest absolute Gasteiger partial charge is 0.497 e. The van der Waals surface area contributed by atoms with Gasteiger partial charge in [-0.25, -0.2) is 0 Å². The molecular formula is C18H22N2O2. The van der Waals surface area contributed by atoms with Gasteiger partial charge in [-0.2, -0.15) is 0 Å². The van der Waals surface area contributed by atoms with E-state index in [2.05, 4.69) is 11.1 Å². The van der Waals surface area contributed by atoms with Crippen LogP contribution in [-0.2, 0) is 4.74 Å². The van der Waals surface area contributed by atoms with Crippen LogP contribution in [0.5, 0.6) is 5.75 Å². The Morgan fingerprint density at radius 3 is 2.32 bits per heavy atom. The summed E-state index contributed by atoms with van der Waals surface area (Å²) >= 11 is 0. The maximum atomic E-state index is 5.96. The average molecular weight is 298 g/mol. The maximum Gasteiger partial charge on any atom is 0.118 e. The van der Waals surface area contributed by atoms with Gasteiger partial charge in [0.25, 0.3) is 0 Å². The first-order chi connectivity index (χ1) is 10.7. The molecule has 4 heteroatoms. The van der Waals surface area contributed by atoms with Gasteiger partial charge in [-0.05, 0) is 43.5 Å². The Morgan fingerprint density at radius 1 is 1.09 bits per heavy atom. The smallest absolute Gasteiger partial charge is 0.118 e. The molecule has 4 nitrogen and oxygen atoms in total. The molecule has 1 atom stereocenters. The third-order valence-electron chi connectivity index (χ3n) is 4.15. The highest BCUT2D eigenvalue weighted by molar-refractivity contribution is 5.63. The molecule has 1 unspecified atom stereocenters. The summed E-state index contributed by atoms with van der Waals surface area (Å²) in [6, 6.07) is 12.4. The summed E-state index contributed by atoms with van der Waals surface area (Å²) in [5.41, 5.74) is 8.95. The number of hydrogen-bond donors (Lipinski definition) is 1. The molecule has 0 amide bonds. The summed E-state index contributed by atoms with van der Waals surface area (Å²) < 4.78 is 11.1. The average Bonchev–Trinajstić information content (AvgIpc) is 2.53. The van der Waals surface area contributed by atoms with Gasteiger partial charge in [-0.3, -0.25) is 4.98 Å².